The summed E-state index contributed by atoms with van der Waals surface area (Å²) in [6.45, 7) is 3.87. The molecule has 1 fully saturated rings. The monoisotopic (exact) mass is 538 g/mol. The van der Waals surface area contributed by atoms with Crippen LogP contribution in [0.1, 0.15) is 60.2 Å². The minimum atomic E-state index is -4.58. The maximum atomic E-state index is 14.2. The standard InChI is InChI=1S/C29H29F3N4OS/c1-19-5-4-11-34(15-19)16-20-13-24(29(30,31)32)25-18-35(28(37)36(25)17-20)23-9-3-8-22(14-23)26(21-6-2-7-21)27-33-10-12-38-27/h3,5,8-10,12-14,17-18,21,26H,2,4,6-7,11,15-16H2,1H3. The van der Waals surface area contributed by atoms with E-state index in [1.165, 1.54) is 28.8 Å². The Balaban J connectivity index is 1.42. The molecule has 38 heavy (non-hydrogen) atoms. The Morgan fingerprint density at radius 3 is 2.71 bits per heavy atom. The van der Waals surface area contributed by atoms with Gasteiger partial charge in [0.25, 0.3) is 0 Å². The predicted molar refractivity (Wildman–Crippen MR) is 143 cm³/mol. The third-order valence-electron chi connectivity index (χ3n) is 7.79. The van der Waals surface area contributed by atoms with Gasteiger partial charge in [0.05, 0.1) is 16.8 Å². The Hall–Kier alpha value is -3.17. The van der Waals surface area contributed by atoms with Gasteiger partial charge in [0.15, 0.2) is 0 Å². The smallest absolute Gasteiger partial charge is 0.295 e. The number of alkyl halides is 3. The number of hydrogen-bond donors (Lipinski definition) is 0. The molecule has 4 heterocycles. The van der Waals surface area contributed by atoms with Crippen LogP contribution in [0.25, 0.3) is 11.2 Å². The summed E-state index contributed by atoms with van der Waals surface area (Å²) in [6.07, 6.45) is 6.56. The SMILES string of the molecule is CC1=CCCN(Cc2cc(C(F)(F)F)c3cn(-c4cccc(C(c5nccs5)C5CCC5)c4)c(=O)n3c2)C1. The minimum Gasteiger partial charge on any atom is -0.295 e. The van der Waals surface area contributed by atoms with Crippen LogP contribution in [0.2, 0.25) is 0 Å². The van der Waals surface area contributed by atoms with Crippen LogP contribution < -0.4 is 5.69 Å². The third kappa shape index (κ3) is 4.73. The Bertz CT molecular complexity index is 1550. The van der Waals surface area contributed by atoms with Crippen LogP contribution >= 0.6 is 11.3 Å². The number of thiazole rings is 1. The summed E-state index contributed by atoms with van der Waals surface area (Å²) >= 11 is 1.62. The summed E-state index contributed by atoms with van der Waals surface area (Å²) in [7, 11) is 0. The third-order valence-corrected chi connectivity index (χ3v) is 8.65. The van der Waals surface area contributed by atoms with Crippen molar-refractivity contribution in [1.29, 1.82) is 0 Å². The first-order chi connectivity index (χ1) is 18.3. The number of benzene rings is 1. The van der Waals surface area contributed by atoms with Gasteiger partial charge >= 0.3 is 11.9 Å². The molecular formula is C29H29F3N4OS. The average Bonchev–Trinajstić information content (AvgIpc) is 3.49. The number of nitrogens with zero attached hydrogens (tertiary/aromatic N) is 4. The first-order valence-electron chi connectivity index (χ1n) is 13.0. The molecule has 3 aromatic heterocycles. The van der Waals surface area contributed by atoms with Gasteiger partial charge in [-0.25, -0.2) is 9.78 Å². The molecule has 0 N–H and O–H groups in total. The molecule has 9 heteroatoms. The van der Waals surface area contributed by atoms with Gasteiger partial charge in [-0.1, -0.05) is 30.2 Å². The van der Waals surface area contributed by atoms with Crippen LogP contribution in [0.15, 0.2) is 70.7 Å². The van der Waals surface area contributed by atoms with Gasteiger partial charge in [-0.05, 0) is 61.4 Å². The van der Waals surface area contributed by atoms with Crippen LogP contribution in [0.5, 0.6) is 0 Å². The van der Waals surface area contributed by atoms with E-state index in [2.05, 4.69) is 16.0 Å². The molecule has 1 atom stereocenters. The van der Waals surface area contributed by atoms with Crippen molar-refractivity contribution in [3.63, 3.8) is 0 Å². The molecule has 0 radical (unpaired) electrons. The van der Waals surface area contributed by atoms with Crippen molar-refractivity contribution in [2.45, 2.75) is 51.2 Å². The highest BCUT2D eigenvalue weighted by Gasteiger charge is 2.35. The number of pyridine rings is 1. The number of rotatable bonds is 6. The van der Waals surface area contributed by atoms with Crippen molar-refractivity contribution >= 4 is 16.9 Å². The number of hydrogen-bond acceptors (Lipinski definition) is 4. The van der Waals surface area contributed by atoms with Crippen molar-refractivity contribution < 1.29 is 13.2 Å². The lowest BCUT2D eigenvalue weighted by Crippen LogP contribution is -2.29. The average molecular weight is 539 g/mol. The fourth-order valence-electron chi connectivity index (χ4n) is 5.77. The quantitative estimate of drug-likeness (QED) is 0.258. The van der Waals surface area contributed by atoms with E-state index in [9.17, 15) is 18.0 Å². The molecule has 5 nitrogen and oxygen atoms in total. The maximum absolute atomic E-state index is 14.2. The highest BCUT2D eigenvalue weighted by molar-refractivity contribution is 7.09. The van der Waals surface area contributed by atoms with E-state index in [1.807, 2.05) is 30.5 Å². The Kier molecular flexibility index (Phi) is 6.52. The fourth-order valence-corrected chi connectivity index (χ4v) is 6.63. The summed E-state index contributed by atoms with van der Waals surface area (Å²) in [4.78, 5) is 20.2. The molecule has 1 unspecified atom stereocenters. The zero-order chi connectivity index (χ0) is 26.4. The molecule has 4 aromatic rings. The molecule has 1 aliphatic carbocycles. The molecule has 1 saturated carbocycles. The summed E-state index contributed by atoms with van der Waals surface area (Å²) in [5.41, 5.74) is 1.84. The van der Waals surface area contributed by atoms with E-state index >= 15 is 0 Å². The van der Waals surface area contributed by atoms with Crippen molar-refractivity contribution in [2.75, 3.05) is 13.1 Å². The first-order valence-corrected chi connectivity index (χ1v) is 13.9. The number of imidazole rings is 1. The van der Waals surface area contributed by atoms with E-state index in [0.717, 1.165) is 40.8 Å². The number of halogens is 3. The fraction of sp³-hybridized carbons (Fsp3) is 0.379. The summed E-state index contributed by atoms with van der Waals surface area (Å²) in [5, 5.41) is 3.00. The molecular weight excluding hydrogens is 509 g/mol. The summed E-state index contributed by atoms with van der Waals surface area (Å²) in [5.74, 6) is 0.602. The Labute approximate surface area is 222 Å². The van der Waals surface area contributed by atoms with Crippen LogP contribution in [-0.2, 0) is 12.7 Å². The lowest BCUT2D eigenvalue weighted by Gasteiger charge is -2.33. The van der Waals surface area contributed by atoms with Crippen LogP contribution in [0, 0.1) is 5.92 Å². The molecule has 1 aliphatic heterocycles. The summed E-state index contributed by atoms with van der Waals surface area (Å²) < 4.78 is 45.1. The molecule has 2 aliphatic rings. The topological polar surface area (TPSA) is 42.5 Å². The maximum Gasteiger partial charge on any atom is 0.418 e. The van der Waals surface area contributed by atoms with Crippen LogP contribution in [0.3, 0.4) is 0 Å². The van der Waals surface area contributed by atoms with Gasteiger partial charge in [-0.2, -0.15) is 13.2 Å². The van der Waals surface area contributed by atoms with Crippen LogP contribution in [-0.4, -0.2) is 31.9 Å². The lowest BCUT2D eigenvalue weighted by atomic mass is 9.73. The summed E-state index contributed by atoms with van der Waals surface area (Å²) in [6, 6.07) is 8.81. The van der Waals surface area contributed by atoms with E-state index in [4.69, 9.17) is 0 Å². The predicted octanol–water partition coefficient (Wildman–Crippen LogP) is 6.65. The number of fused-ring (bicyclic) bond motifs is 1. The Morgan fingerprint density at radius 1 is 1.18 bits per heavy atom. The molecule has 1 aromatic carbocycles. The van der Waals surface area contributed by atoms with E-state index in [-0.39, 0.29) is 11.4 Å². The normalized spacial score (nSPS) is 17.9. The van der Waals surface area contributed by atoms with Gasteiger partial charge in [0.1, 0.15) is 5.01 Å². The van der Waals surface area contributed by atoms with Crippen molar-refractivity contribution in [3.05, 3.63) is 98.1 Å². The molecule has 198 valence electrons. The van der Waals surface area contributed by atoms with Crippen LogP contribution in [0.4, 0.5) is 13.2 Å². The van der Waals surface area contributed by atoms with Crippen molar-refractivity contribution in [1.82, 2.24) is 18.9 Å². The van der Waals surface area contributed by atoms with Gasteiger partial charge in [-0.15, -0.1) is 11.3 Å². The zero-order valence-corrected chi connectivity index (χ0v) is 21.9. The van der Waals surface area contributed by atoms with E-state index < -0.39 is 17.4 Å². The highest BCUT2D eigenvalue weighted by Crippen LogP contribution is 2.44. The zero-order valence-electron chi connectivity index (χ0n) is 21.1. The second-order valence-electron chi connectivity index (χ2n) is 10.5. The van der Waals surface area contributed by atoms with Gasteiger partial charge in [0, 0.05) is 49.5 Å². The van der Waals surface area contributed by atoms with E-state index in [0.29, 0.717) is 30.3 Å². The molecule has 0 amide bonds. The highest BCUT2D eigenvalue weighted by atomic mass is 32.1. The van der Waals surface area contributed by atoms with Gasteiger partial charge in [0.2, 0.25) is 0 Å². The first kappa shape index (κ1) is 25.1. The Morgan fingerprint density at radius 2 is 2.03 bits per heavy atom. The van der Waals surface area contributed by atoms with Crippen molar-refractivity contribution in [2.24, 2.45) is 5.92 Å². The molecule has 0 bridgehead atoms. The van der Waals surface area contributed by atoms with Crippen molar-refractivity contribution in [3.8, 4) is 5.69 Å². The lowest BCUT2D eigenvalue weighted by molar-refractivity contribution is -0.136. The minimum absolute atomic E-state index is 0.121. The molecule has 6 rings (SSSR count). The largest absolute Gasteiger partial charge is 0.418 e. The number of aromatic nitrogens is 3. The van der Waals surface area contributed by atoms with Gasteiger partial charge < -0.3 is 0 Å². The molecule has 0 saturated heterocycles. The van der Waals surface area contributed by atoms with Gasteiger partial charge in [-0.3, -0.25) is 13.9 Å². The molecule has 0 spiro atoms. The second kappa shape index (κ2) is 9.85. The second-order valence-corrected chi connectivity index (χ2v) is 11.4. The van der Waals surface area contributed by atoms with E-state index in [1.54, 1.807) is 29.8 Å².